The molecule has 1 aliphatic heterocycles. The lowest BCUT2D eigenvalue weighted by Gasteiger charge is -2.34. The van der Waals surface area contributed by atoms with Gasteiger partial charge in [0.2, 0.25) is 0 Å². The van der Waals surface area contributed by atoms with Gasteiger partial charge in [-0.05, 0) is 37.5 Å². The van der Waals surface area contributed by atoms with Gasteiger partial charge in [0, 0.05) is 22.6 Å². The Labute approximate surface area is 195 Å². The van der Waals surface area contributed by atoms with Crippen molar-refractivity contribution in [1.29, 1.82) is 0 Å². The number of hydrogen-bond donors (Lipinski definition) is 2. The molecular weight excluding hydrogens is 459 g/mol. The monoisotopic (exact) mass is 480 g/mol. The van der Waals surface area contributed by atoms with Gasteiger partial charge >= 0.3 is 0 Å². The van der Waals surface area contributed by atoms with Crippen LogP contribution in [0, 0.1) is 0 Å². The lowest BCUT2D eigenvalue weighted by Crippen LogP contribution is -2.51. The van der Waals surface area contributed by atoms with Crippen molar-refractivity contribution in [2.75, 3.05) is 13.7 Å². The molecule has 2 aromatic carbocycles. The van der Waals surface area contributed by atoms with Gasteiger partial charge < -0.3 is 9.64 Å². The third kappa shape index (κ3) is 5.01. The standard InChI is InChI=1S/C22H22Cl2N2O4S/c1-13(22(28)26-12-6-5-7-15(26)21(27)25-29)14-10-11-18(20(24)19(14)23)31-17-9-4-3-8-16(17)30-2/h3-4,8-11,15,29H,1,5-7,12H2,2H3,(H,25,27). The maximum atomic E-state index is 13.1. The summed E-state index contributed by atoms with van der Waals surface area (Å²) in [5, 5.41) is 9.51. The van der Waals surface area contributed by atoms with Crippen LogP contribution in [0.2, 0.25) is 10.0 Å². The number of likely N-dealkylation sites (tertiary alicyclic amines) is 1. The molecule has 31 heavy (non-hydrogen) atoms. The molecule has 0 saturated carbocycles. The van der Waals surface area contributed by atoms with E-state index in [-0.39, 0.29) is 10.6 Å². The first kappa shape index (κ1) is 23.5. The van der Waals surface area contributed by atoms with Crippen LogP contribution in [0.25, 0.3) is 5.57 Å². The average Bonchev–Trinajstić information content (AvgIpc) is 2.81. The van der Waals surface area contributed by atoms with E-state index < -0.39 is 17.9 Å². The van der Waals surface area contributed by atoms with Crippen molar-refractivity contribution in [3.63, 3.8) is 0 Å². The zero-order chi connectivity index (χ0) is 22.5. The molecule has 1 aliphatic rings. The molecule has 0 aliphatic carbocycles. The Bertz CT molecular complexity index is 1020. The summed E-state index contributed by atoms with van der Waals surface area (Å²) in [5.41, 5.74) is 2.17. The molecule has 1 fully saturated rings. The highest BCUT2D eigenvalue weighted by molar-refractivity contribution is 7.99. The van der Waals surface area contributed by atoms with E-state index in [2.05, 4.69) is 6.58 Å². The number of para-hydroxylation sites is 1. The third-order valence-corrected chi connectivity index (χ3v) is 7.21. The van der Waals surface area contributed by atoms with Crippen LogP contribution in [0.15, 0.2) is 52.8 Å². The summed E-state index contributed by atoms with van der Waals surface area (Å²) in [6, 6.07) is 10.2. The number of nitrogens with one attached hydrogen (secondary N) is 1. The maximum Gasteiger partial charge on any atom is 0.266 e. The molecule has 2 aromatic rings. The minimum absolute atomic E-state index is 0.137. The molecule has 1 atom stereocenters. The Morgan fingerprint density at radius 3 is 2.61 bits per heavy atom. The van der Waals surface area contributed by atoms with Crippen LogP contribution < -0.4 is 10.2 Å². The smallest absolute Gasteiger partial charge is 0.266 e. The molecule has 3 rings (SSSR count). The van der Waals surface area contributed by atoms with Crippen molar-refractivity contribution in [1.82, 2.24) is 10.4 Å². The number of carbonyl (C=O) groups excluding carboxylic acids is 2. The Kier molecular flexibility index (Phi) is 7.89. The van der Waals surface area contributed by atoms with Crippen LogP contribution in [0.3, 0.4) is 0 Å². The quantitative estimate of drug-likeness (QED) is 0.343. The van der Waals surface area contributed by atoms with E-state index in [0.29, 0.717) is 34.2 Å². The maximum absolute atomic E-state index is 13.1. The zero-order valence-corrected chi connectivity index (χ0v) is 19.2. The first-order valence-electron chi connectivity index (χ1n) is 9.62. The van der Waals surface area contributed by atoms with Crippen LogP contribution in [0.1, 0.15) is 24.8 Å². The summed E-state index contributed by atoms with van der Waals surface area (Å²) >= 11 is 14.4. The molecule has 9 heteroatoms. The van der Waals surface area contributed by atoms with Crippen molar-refractivity contribution in [2.24, 2.45) is 0 Å². The Morgan fingerprint density at radius 2 is 1.90 bits per heavy atom. The second kappa shape index (κ2) is 10.4. The number of hydrogen-bond acceptors (Lipinski definition) is 5. The Balaban J connectivity index is 1.86. The van der Waals surface area contributed by atoms with Gasteiger partial charge in [0.05, 0.1) is 22.1 Å². The van der Waals surface area contributed by atoms with Crippen molar-refractivity contribution < 1.29 is 19.5 Å². The van der Waals surface area contributed by atoms with Gasteiger partial charge in [-0.1, -0.05) is 59.7 Å². The number of benzene rings is 2. The molecule has 2 amide bonds. The van der Waals surface area contributed by atoms with Crippen molar-refractivity contribution in [3.05, 3.63) is 58.6 Å². The first-order chi connectivity index (χ1) is 14.9. The number of halogens is 2. The van der Waals surface area contributed by atoms with E-state index in [1.54, 1.807) is 24.7 Å². The molecule has 1 unspecified atom stereocenters. The number of piperidine rings is 1. The van der Waals surface area contributed by atoms with Gasteiger partial charge in [-0.2, -0.15) is 0 Å². The number of hydroxylamine groups is 1. The first-order valence-corrected chi connectivity index (χ1v) is 11.2. The van der Waals surface area contributed by atoms with Gasteiger partial charge in [-0.15, -0.1) is 0 Å². The van der Waals surface area contributed by atoms with E-state index >= 15 is 0 Å². The third-order valence-electron chi connectivity index (χ3n) is 5.10. The number of carbonyl (C=O) groups is 2. The van der Waals surface area contributed by atoms with Crippen LogP contribution in [-0.4, -0.2) is 41.6 Å². The van der Waals surface area contributed by atoms with Crippen molar-refractivity contribution in [3.8, 4) is 5.75 Å². The average molecular weight is 481 g/mol. The number of rotatable bonds is 6. The molecule has 164 valence electrons. The van der Waals surface area contributed by atoms with Gasteiger partial charge in [-0.25, -0.2) is 5.48 Å². The minimum atomic E-state index is -0.752. The fraction of sp³-hybridized carbons (Fsp3) is 0.273. The minimum Gasteiger partial charge on any atom is -0.496 e. The summed E-state index contributed by atoms with van der Waals surface area (Å²) in [6.07, 6.45) is 2.02. The normalized spacial score (nSPS) is 16.0. The van der Waals surface area contributed by atoms with E-state index in [0.717, 1.165) is 17.7 Å². The molecular formula is C22H22Cl2N2O4S. The Morgan fingerprint density at radius 1 is 1.16 bits per heavy atom. The van der Waals surface area contributed by atoms with Crippen LogP contribution in [0.4, 0.5) is 0 Å². The fourth-order valence-corrected chi connectivity index (χ4v) is 5.05. The number of nitrogens with zero attached hydrogens (tertiary/aromatic N) is 1. The van der Waals surface area contributed by atoms with Crippen LogP contribution in [0.5, 0.6) is 5.75 Å². The molecule has 1 heterocycles. The molecule has 6 nitrogen and oxygen atoms in total. The predicted molar refractivity (Wildman–Crippen MR) is 122 cm³/mol. The second-order valence-corrected chi connectivity index (χ2v) is 8.80. The van der Waals surface area contributed by atoms with Crippen molar-refractivity contribution >= 4 is 52.4 Å². The lowest BCUT2D eigenvalue weighted by atomic mass is 9.98. The SMILES string of the molecule is C=C(C(=O)N1CCCCC1C(=O)NO)c1ccc(Sc2ccccc2OC)c(Cl)c1Cl. The second-order valence-electron chi connectivity index (χ2n) is 6.96. The number of amides is 2. The van der Waals surface area contributed by atoms with Gasteiger partial charge in [0.1, 0.15) is 11.8 Å². The summed E-state index contributed by atoms with van der Waals surface area (Å²) in [5.74, 6) is -0.327. The predicted octanol–water partition coefficient (Wildman–Crippen LogP) is 5.05. The van der Waals surface area contributed by atoms with Crippen LogP contribution >= 0.6 is 35.0 Å². The highest BCUT2D eigenvalue weighted by atomic mass is 35.5. The summed E-state index contributed by atoms with van der Waals surface area (Å²) in [7, 11) is 1.59. The molecule has 0 aromatic heterocycles. The fourth-order valence-electron chi connectivity index (χ4n) is 3.48. The summed E-state index contributed by atoms with van der Waals surface area (Å²) in [6.45, 7) is 4.30. The lowest BCUT2D eigenvalue weighted by molar-refractivity contribution is -0.143. The van der Waals surface area contributed by atoms with E-state index in [9.17, 15) is 9.59 Å². The molecule has 0 spiro atoms. The van der Waals surface area contributed by atoms with Gasteiger partial charge in [-0.3, -0.25) is 14.8 Å². The number of ether oxygens (including phenoxy) is 1. The highest BCUT2D eigenvalue weighted by Gasteiger charge is 2.33. The largest absolute Gasteiger partial charge is 0.496 e. The molecule has 0 bridgehead atoms. The van der Waals surface area contributed by atoms with Gasteiger partial charge in [0.25, 0.3) is 11.8 Å². The molecule has 1 saturated heterocycles. The summed E-state index contributed by atoms with van der Waals surface area (Å²) in [4.78, 5) is 28.1. The summed E-state index contributed by atoms with van der Waals surface area (Å²) < 4.78 is 5.38. The van der Waals surface area contributed by atoms with E-state index in [1.165, 1.54) is 16.7 Å². The zero-order valence-electron chi connectivity index (χ0n) is 16.9. The van der Waals surface area contributed by atoms with Crippen LogP contribution in [-0.2, 0) is 9.59 Å². The number of methoxy groups -OCH3 is 1. The topological polar surface area (TPSA) is 78.9 Å². The van der Waals surface area contributed by atoms with Gasteiger partial charge in [0.15, 0.2) is 0 Å². The van der Waals surface area contributed by atoms with E-state index in [4.69, 9.17) is 33.1 Å². The van der Waals surface area contributed by atoms with Crippen molar-refractivity contribution in [2.45, 2.75) is 35.1 Å². The molecule has 2 N–H and O–H groups in total. The van der Waals surface area contributed by atoms with E-state index in [1.807, 2.05) is 24.3 Å². The highest BCUT2D eigenvalue weighted by Crippen LogP contribution is 2.43. The Hall–Kier alpha value is -2.19. The molecule has 0 radical (unpaired) electrons.